The molecule has 0 fully saturated rings. The van der Waals surface area contributed by atoms with Gasteiger partial charge in [0.05, 0.1) is 12.7 Å². The summed E-state index contributed by atoms with van der Waals surface area (Å²) in [4.78, 5) is 11.5. The van der Waals surface area contributed by atoms with Crippen LogP contribution in [0.2, 0.25) is 0 Å². The Hall–Kier alpha value is -2.07. The van der Waals surface area contributed by atoms with Crippen LogP contribution in [-0.2, 0) is 4.74 Å². The Morgan fingerprint density at radius 2 is 1.30 bits per heavy atom. The van der Waals surface area contributed by atoms with Gasteiger partial charge in [-0.3, -0.25) is 0 Å². The van der Waals surface area contributed by atoms with E-state index in [0.717, 1.165) is 23.0 Å². The highest BCUT2D eigenvalue weighted by Gasteiger charge is 2.03. The van der Waals surface area contributed by atoms with Gasteiger partial charge in [-0.15, -0.1) is 0 Å². The third-order valence-corrected chi connectivity index (χ3v) is 5.66. The number of ether oxygens (including phenoxy) is 1. The minimum atomic E-state index is -0.311. The molecular weight excluding hydrogens is 438 g/mol. The zero-order valence-corrected chi connectivity index (χ0v) is 19.6. The lowest BCUT2D eigenvalue weighted by Gasteiger charge is -2.07. The van der Waals surface area contributed by atoms with Crippen molar-refractivity contribution in [2.75, 3.05) is 24.3 Å². The molecule has 2 aromatic carbocycles. The maximum absolute atomic E-state index is 11.5. The summed E-state index contributed by atoms with van der Waals surface area (Å²) < 4.78 is 4.72. The van der Waals surface area contributed by atoms with Gasteiger partial charge in [0.2, 0.25) is 0 Å². The van der Waals surface area contributed by atoms with Crippen molar-refractivity contribution in [2.24, 2.45) is 0 Å². The average Bonchev–Trinajstić information content (AvgIpc) is 2.79. The van der Waals surface area contributed by atoms with Crippen molar-refractivity contribution in [1.82, 2.24) is 0 Å². The number of esters is 1. The molecular formula is C26H34BrNO2. The van der Waals surface area contributed by atoms with E-state index >= 15 is 0 Å². The molecule has 0 aliphatic carbocycles. The highest BCUT2D eigenvalue weighted by atomic mass is 79.9. The van der Waals surface area contributed by atoms with Crippen molar-refractivity contribution in [2.45, 2.75) is 51.4 Å². The zero-order chi connectivity index (χ0) is 21.4. The van der Waals surface area contributed by atoms with Crippen LogP contribution in [0, 0.1) is 0 Å². The highest BCUT2D eigenvalue weighted by Crippen LogP contribution is 2.14. The zero-order valence-electron chi connectivity index (χ0n) is 18.0. The fraction of sp³-hybridized carbons (Fsp3) is 0.423. The topological polar surface area (TPSA) is 38.3 Å². The van der Waals surface area contributed by atoms with E-state index in [4.69, 9.17) is 4.74 Å². The number of anilines is 1. The van der Waals surface area contributed by atoms with E-state index in [1.807, 2.05) is 18.2 Å². The van der Waals surface area contributed by atoms with Crippen molar-refractivity contribution in [1.29, 1.82) is 0 Å². The summed E-state index contributed by atoms with van der Waals surface area (Å²) in [6, 6.07) is 15.9. The number of benzene rings is 2. The van der Waals surface area contributed by atoms with Crippen LogP contribution in [0.5, 0.6) is 0 Å². The number of hydrogen-bond donors (Lipinski definition) is 1. The van der Waals surface area contributed by atoms with Gasteiger partial charge >= 0.3 is 5.97 Å². The largest absolute Gasteiger partial charge is 0.465 e. The fourth-order valence-electron chi connectivity index (χ4n) is 3.27. The molecule has 2 aromatic rings. The third-order valence-electron chi connectivity index (χ3n) is 5.10. The number of nitrogens with one attached hydrogen (secondary N) is 1. The maximum atomic E-state index is 11.5. The number of hydrogen-bond acceptors (Lipinski definition) is 3. The summed E-state index contributed by atoms with van der Waals surface area (Å²) in [6.07, 6.45) is 14.8. The van der Waals surface area contributed by atoms with Gasteiger partial charge in [0.15, 0.2) is 0 Å². The molecule has 2 rings (SSSR count). The van der Waals surface area contributed by atoms with Gasteiger partial charge in [0, 0.05) is 17.6 Å². The lowest BCUT2D eigenvalue weighted by atomic mass is 10.1. The van der Waals surface area contributed by atoms with E-state index in [9.17, 15) is 4.79 Å². The van der Waals surface area contributed by atoms with E-state index in [0.29, 0.717) is 5.56 Å². The summed E-state index contributed by atoms with van der Waals surface area (Å²) in [6.45, 7) is 1.03. The van der Waals surface area contributed by atoms with Gasteiger partial charge in [-0.25, -0.2) is 4.79 Å². The van der Waals surface area contributed by atoms with Crippen LogP contribution in [-0.4, -0.2) is 25.0 Å². The van der Waals surface area contributed by atoms with E-state index in [2.05, 4.69) is 51.6 Å². The van der Waals surface area contributed by atoms with E-state index in [1.165, 1.54) is 64.2 Å². The van der Waals surface area contributed by atoms with E-state index in [1.54, 1.807) is 12.1 Å². The summed E-state index contributed by atoms with van der Waals surface area (Å²) in [5.74, 6) is -0.311. The summed E-state index contributed by atoms with van der Waals surface area (Å²) >= 11 is 3.49. The predicted molar refractivity (Wildman–Crippen MR) is 132 cm³/mol. The number of methoxy groups -OCH3 is 1. The Morgan fingerprint density at radius 3 is 1.83 bits per heavy atom. The second kappa shape index (κ2) is 14.8. The molecule has 0 heterocycles. The molecule has 162 valence electrons. The smallest absolute Gasteiger partial charge is 0.337 e. The summed E-state index contributed by atoms with van der Waals surface area (Å²) in [7, 11) is 1.39. The SMILES string of the molecule is COC(=O)c1ccc(C=Cc2ccc(NCCCCCCCCCCBr)cc2)cc1. The molecule has 0 aliphatic rings. The number of unbranched alkanes of at least 4 members (excludes halogenated alkanes) is 7. The standard InChI is InChI=1S/C26H34BrNO2/c1-30-26(29)24-16-12-22(13-17-24)10-11-23-14-18-25(19-15-23)28-21-9-7-5-3-2-4-6-8-20-27/h10-19,28H,2-9,20-21H2,1H3. The lowest BCUT2D eigenvalue weighted by molar-refractivity contribution is 0.0600. The van der Waals surface area contributed by atoms with Gasteiger partial charge in [-0.05, 0) is 48.2 Å². The second-order valence-electron chi connectivity index (χ2n) is 7.51. The van der Waals surface area contributed by atoms with Crippen molar-refractivity contribution >= 4 is 39.7 Å². The van der Waals surface area contributed by atoms with Crippen molar-refractivity contribution in [3.8, 4) is 0 Å². The minimum Gasteiger partial charge on any atom is -0.465 e. The number of rotatable bonds is 14. The van der Waals surface area contributed by atoms with Crippen LogP contribution in [0.4, 0.5) is 5.69 Å². The Balaban J connectivity index is 1.64. The first-order valence-corrected chi connectivity index (χ1v) is 12.1. The van der Waals surface area contributed by atoms with Crippen molar-refractivity contribution in [3.05, 3.63) is 65.2 Å². The van der Waals surface area contributed by atoms with Gasteiger partial charge in [0.25, 0.3) is 0 Å². The van der Waals surface area contributed by atoms with Gasteiger partial charge in [0.1, 0.15) is 0 Å². The molecule has 0 radical (unpaired) electrons. The van der Waals surface area contributed by atoms with Crippen LogP contribution in [0.15, 0.2) is 48.5 Å². The number of carbonyl (C=O) groups excluding carboxylic acids is 1. The van der Waals surface area contributed by atoms with Gasteiger partial charge < -0.3 is 10.1 Å². The molecule has 0 bridgehead atoms. The molecule has 3 nitrogen and oxygen atoms in total. The highest BCUT2D eigenvalue weighted by molar-refractivity contribution is 9.09. The van der Waals surface area contributed by atoms with Crippen LogP contribution in [0.25, 0.3) is 12.2 Å². The first kappa shape index (κ1) is 24.2. The molecule has 0 aliphatic heterocycles. The second-order valence-corrected chi connectivity index (χ2v) is 8.31. The number of carbonyl (C=O) groups is 1. The Labute approximate surface area is 190 Å². The summed E-state index contributed by atoms with van der Waals surface area (Å²) in [5, 5.41) is 4.65. The Morgan fingerprint density at radius 1 is 0.800 bits per heavy atom. The van der Waals surface area contributed by atoms with Gasteiger partial charge in [-0.2, -0.15) is 0 Å². The lowest BCUT2D eigenvalue weighted by Crippen LogP contribution is -2.01. The Kier molecular flexibility index (Phi) is 12.0. The van der Waals surface area contributed by atoms with Crippen LogP contribution in [0.3, 0.4) is 0 Å². The Bertz CT molecular complexity index is 754. The van der Waals surface area contributed by atoms with Crippen LogP contribution < -0.4 is 5.32 Å². The van der Waals surface area contributed by atoms with Gasteiger partial charge in [-0.1, -0.05) is 90.9 Å². The molecule has 0 saturated heterocycles. The molecule has 0 atom stereocenters. The number of alkyl halides is 1. The molecule has 0 saturated carbocycles. The first-order valence-electron chi connectivity index (χ1n) is 11.0. The fourth-order valence-corrected chi connectivity index (χ4v) is 3.66. The maximum Gasteiger partial charge on any atom is 0.337 e. The minimum absolute atomic E-state index is 0.311. The average molecular weight is 472 g/mol. The monoisotopic (exact) mass is 471 g/mol. The molecule has 1 N–H and O–H groups in total. The molecule has 4 heteroatoms. The predicted octanol–water partition coefficient (Wildman–Crippen LogP) is 7.57. The molecule has 0 unspecified atom stereocenters. The number of halogens is 1. The van der Waals surface area contributed by atoms with Crippen molar-refractivity contribution in [3.63, 3.8) is 0 Å². The van der Waals surface area contributed by atoms with Crippen LogP contribution in [0.1, 0.15) is 72.9 Å². The normalized spacial score (nSPS) is 11.0. The molecule has 0 spiro atoms. The molecule has 0 aromatic heterocycles. The van der Waals surface area contributed by atoms with E-state index < -0.39 is 0 Å². The van der Waals surface area contributed by atoms with Crippen molar-refractivity contribution < 1.29 is 9.53 Å². The first-order chi connectivity index (χ1) is 14.7. The van der Waals surface area contributed by atoms with Crippen LogP contribution >= 0.6 is 15.9 Å². The summed E-state index contributed by atoms with van der Waals surface area (Å²) in [5.41, 5.74) is 3.94. The molecule has 0 amide bonds. The van der Waals surface area contributed by atoms with E-state index in [-0.39, 0.29) is 5.97 Å². The third kappa shape index (κ3) is 9.62. The quantitative estimate of drug-likeness (QED) is 0.133. The molecule has 30 heavy (non-hydrogen) atoms.